The Morgan fingerprint density at radius 2 is 1.71 bits per heavy atom. The van der Waals surface area contributed by atoms with Crippen LogP contribution in [-0.2, 0) is 11.2 Å². The second kappa shape index (κ2) is 8.91. The van der Waals surface area contributed by atoms with Crippen LogP contribution < -0.4 is 9.64 Å². The molecule has 0 fully saturated rings. The van der Waals surface area contributed by atoms with Gasteiger partial charge in [0, 0.05) is 18.7 Å². The van der Waals surface area contributed by atoms with Gasteiger partial charge in [-0.25, -0.2) is 5.01 Å². The van der Waals surface area contributed by atoms with Gasteiger partial charge in [-0.15, -0.1) is 0 Å². The first-order valence-electron chi connectivity index (χ1n) is 12.0. The van der Waals surface area contributed by atoms with Gasteiger partial charge in [0.2, 0.25) is 0 Å². The van der Waals surface area contributed by atoms with Crippen LogP contribution in [0.25, 0.3) is 10.8 Å². The van der Waals surface area contributed by atoms with E-state index in [1.807, 2.05) is 42.5 Å². The highest BCUT2D eigenvalue weighted by atomic mass is 16.5. The monoisotopic (exact) mass is 461 g/mol. The van der Waals surface area contributed by atoms with Crippen LogP contribution in [0.5, 0.6) is 5.75 Å². The van der Waals surface area contributed by atoms with Crippen LogP contribution in [0.4, 0.5) is 5.69 Å². The minimum absolute atomic E-state index is 0.0123. The Labute approximate surface area is 205 Å². The van der Waals surface area contributed by atoms with E-state index < -0.39 is 0 Å². The van der Waals surface area contributed by atoms with Gasteiger partial charge in [-0.2, -0.15) is 5.10 Å². The molecule has 0 bridgehead atoms. The lowest BCUT2D eigenvalue weighted by atomic mass is 9.97. The molecule has 1 atom stereocenters. The van der Waals surface area contributed by atoms with Crippen LogP contribution in [0.1, 0.15) is 29.2 Å². The number of carbonyl (C=O) groups is 1. The van der Waals surface area contributed by atoms with E-state index in [0.717, 1.165) is 41.2 Å². The van der Waals surface area contributed by atoms with Crippen LogP contribution in [0.15, 0.2) is 96.1 Å². The van der Waals surface area contributed by atoms with Crippen molar-refractivity contribution in [2.24, 2.45) is 5.10 Å². The first-order chi connectivity index (χ1) is 17.2. The SMILES string of the molecule is COc1ccc([C@@H]2CC(c3ccc4ccccc4c3)=NN2C(=O)CN2CCc3ccccc32)cc1. The number of rotatable bonds is 5. The number of hydrazone groups is 1. The lowest BCUT2D eigenvalue weighted by Gasteiger charge is -2.26. The molecule has 0 saturated carbocycles. The molecule has 0 N–H and O–H groups in total. The summed E-state index contributed by atoms with van der Waals surface area (Å²) in [5.74, 6) is 0.812. The molecule has 5 heteroatoms. The zero-order valence-electron chi connectivity index (χ0n) is 19.7. The maximum Gasteiger partial charge on any atom is 0.262 e. The van der Waals surface area contributed by atoms with Crippen molar-refractivity contribution in [1.29, 1.82) is 0 Å². The van der Waals surface area contributed by atoms with Gasteiger partial charge in [0.05, 0.1) is 25.4 Å². The van der Waals surface area contributed by atoms with Crippen molar-refractivity contribution in [2.75, 3.05) is 25.1 Å². The fourth-order valence-electron chi connectivity index (χ4n) is 5.18. The van der Waals surface area contributed by atoms with Crippen molar-refractivity contribution in [2.45, 2.75) is 18.9 Å². The molecule has 2 aliphatic rings. The summed E-state index contributed by atoms with van der Waals surface area (Å²) in [6, 6.07) is 30.9. The van der Waals surface area contributed by atoms with Crippen molar-refractivity contribution in [3.63, 3.8) is 0 Å². The fourth-order valence-corrected chi connectivity index (χ4v) is 5.18. The van der Waals surface area contributed by atoms with Gasteiger partial charge in [-0.3, -0.25) is 4.79 Å². The molecule has 0 unspecified atom stereocenters. The lowest BCUT2D eigenvalue weighted by Crippen LogP contribution is -2.37. The molecule has 2 heterocycles. The Hall–Kier alpha value is -4.12. The number of fused-ring (bicyclic) bond motifs is 2. The number of hydrogen-bond acceptors (Lipinski definition) is 4. The normalized spacial score (nSPS) is 16.9. The molecular formula is C30H27N3O2. The summed E-state index contributed by atoms with van der Waals surface area (Å²) in [7, 11) is 1.66. The first kappa shape index (κ1) is 21.4. The summed E-state index contributed by atoms with van der Waals surface area (Å²) in [4.78, 5) is 15.8. The van der Waals surface area contributed by atoms with E-state index in [0.29, 0.717) is 13.0 Å². The van der Waals surface area contributed by atoms with Crippen molar-refractivity contribution < 1.29 is 9.53 Å². The Kier molecular flexibility index (Phi) is 5.45. The number of hydrogen-bond donors (Lipinski definition) is 0. The van der Waals surface area contributed by atoms with Crippen LogP contribution >= 0.6 is 0 Å². The zero-order chi connectivity index (χ0) is 23.8. The summed E-state index contributed by atoms with van der Waals surface area (Å²) in [6.45, 7) is 1.17. The third-order valence-electron chi connectivity index (χ3n) is 7.06. The molecule has 5 nitrogen and oxygen atoms in total. The highest BCUT2D eigenvalue weighted by Crippen LogP contribution is 2.35. The van der Waals surface area contributed by atoms with Crippen molar-refractivity contribution in [3.05, 3.63) is 108 Å². The lowest BCUT2D eigenvalue weighted by molar-refractivity contribution is -0.131. The van der Waals surface area contributed by atoms with Gasteiger partial charge >= 0.3 is 0 Å². The van der Waals surface area contributed by atoms with E-state index in [1.165, 1.54) is 16.3 Å². The molecule has 0 aromatic heterocycles. The molecule has 1 amide bonds. The Balaban J connectivity index is 1.32. The van der Waals surface area contributed by atoms with E-state index in [-0.39, 0.29) is 11.9 Å². The van der Waals surface area contributed by atoms with Gasteiger partial charge in [0.25, 0.3) is 5.91 Å². The van der Waals surface area contributed by atoms with E-state index in [2.05, 4.69) is 53.4 Å². The standard InChI is InChI=1S/C30H27N3O2/c1-35-26-14-12-23(13-15-26)29-19-27(25-11-10-21-6-2-3-8-24(21)18-25)31-33(29)30(34)20-32-17-16-22-7-4-5-9-28(22)32/h2-15,18,29H,16-17,19-20H2,1H3/t29-/m0/s1. The third-order valence-corrected chi connectivity index (χ3v) is 7.06. The van der Waals surface area contributed by atoms with Gasteiger partial charge in [-0.05, 0) is 58.1 Å². The molecular weight excluding hydrogens is 434 g/mol. The Morgan fingerprint density at radius 1 is 0.943 bits per heavy atom. The number of para-hydroxylation sites is 1. The maximum atomic E-state index is 13.7. The molecule has 4 aromatic carbocycles. The summed E-state index contributed by atoms with van der Waals surface area (Å²) >= 11 is 0. The van der Waals surface area contributed by atoms with Crippen LogP contribution in [0.2, 0.25) is 0 Å². The molecule has 2 aliphatic heterocycles. The van der Waals surface area contributed by atoms with Crippen LogP contribution in [0.3, 0.4) is 0 Å². The van der Waals surface area contributed by atoms with Crippen molar-refractivity contribution in [1.82, 2.24) is 5.01 Å². The molecule has 0 radical (unpaired) electrons. The number of nitrogens with zero attached hydrogens (tertiary/aromatic N) is 3. The zero-order valence-corrected chi connectivity index (χ0v) is 19.7. The molecule has 35 heavy (non-hydrogen) atoms. The third kappa shape index (κ3) is 4.03. The molecule has 0 saturated heterocycles. The minimum Gasteiger partial charge on any atom is -0.497 e. The van der Waals surface area contributed by atoms with Crippen molar-refractivity contribution in [3.8, 4) is 5.75 Å². The second-order valence-corrected chi connectivity index (χ2v) is 9.14. The van der Waals surface area contributed by atoms with Crippen molar-refractivity contribution >= 4 is 28.1 Å². The largest absolute Gasteiger partial charge is 0.497 e. The minimum atomic E-state index is -0.146. The van der Waals surface area contributed by atoms with Crippen LogP contribution in [0, 0.1) is 0 Å². The van der Waals surface area contributed by atoms with E-state index in [4.69, 9.17) is 9.84 Å². The smallest absolute Gasteiger partial charge is 0.262 e. The molecule has 174 valence electrons. The maximum absolute atomic E-state index is 13.7. The summed E-state index contributed by atoms with van der Waals surface area (Å²) in [5, 5.41) is 8.98. The van der Waals surface area contributed by atoms with E-state index in [9.17, 15) is 4.79 Å². The topological polar surface area (TPSA) is 45.1 Å². The quantitative estimate of drug-likeness (QED) is 0.389. The molecule has 0 aliphatic carbocycles. The predicted molar refractivity (Wildman–Crippen MR) is 140 cm³/mol. The number of methoxy groups -OCH3 is 1. The number of amides is 1. The fraction of sp³-hybridized carbons (Fsp3) is 0.200. The second-order valence-electron chi connectivity index (χ2n) is 9.14. The number of anilines is 1. The van der Waals surface area contributed by atoms with E-state index in [1.54, 1.807) is 12.1 Å². The first-order valence-corrected chi connectivity index (χ1v) is 12.0. The highest BCUT2D eigenvalue weighted by Gasteiger charge is 2.34. The number of ether oxygens (including phenoxy) is 1. The Bertz CT molecular complexity index is 1430. The summed E-state index contributed by atoms with van der Waals surface area (Å²) < 4.78 is 5.34. The molecule has 4 aromatic rings. The van der Waals surface area contributed by atoms with Gasteiger partial charge in [0.15, 0.2) is 0 Å². The highest BCUT2D eigenvalue weighted by molar-refractivity contribution is 6.05. The summed E-state index contributed by atoms with van der Waals surface area (Å²) in [6.07, 6.45) is 1.64. The average molecular weight is 462 g/mol. The van der Waals surface area contributed by atoms with E-state index >= 15 is 0 Å². The van der Waals surface area contributed by atoms with Gasteiger partial charge < -0.3 is 9.64 Å². The number of benzene rings is 4. The van der Waals surface area contributed by atoms with Crippen LogP contribution in [-0.4, -0.2) is 36.8 Å². The average Bonchev–Trinajstić information content (AvgIpc) is 3.54. The Morgan fingerprint density at radius 3 is 2.54 bits per heavy atom. The predicted octanol–water partition coefficient (Wildman–Crippen LogP) is 5.59. The molecule has 6 rings (SSSR count). The van der Waals surface area contributed by atoms with Gasteiger partial charge in [-0.1, -0.05) is 66.7 Å². The summed E-state index contributed by atoms with van der Waals surface area (Å²) in [5.41, 5.74) is 5.50. The van der Waals surface area contributed by atoms with Gasteiger partial charge in [0.1, 0.15) is 5.75 Å². The molecule has 0 spiro atoms. The number of carbonyl (C=O) groups excluding carboxylic acids is 1.